The van der Waals surface area contributed by atoms with E-state index in [1.165, 1.54) is 18.2 Å². The van der Waals surface area contributed by atoms with Crippen molar-refractivity contribution in [2.75, 3.05) is 30.3 Å². The normalized spacial score (nSPS) is 22.4. The molecule has 3 aliphatic rings. The molecule has 1 aliphatic carbocycles. The zero-order chi connectivity index (χ0) is 20.8. The van der Waals surface area contributed by atoms with E-state index in [1.807, 2.05) is 0 Å². The second kappa shape index (κ2) is 10.5. The topological polar surface area (TPSA) is 101 Å². The number of nitrogens with zero attached hydrogens (tertiary/aromatic N) is 4. The first-order valence-corrected chi connectivity index (χ1v) is 12.2. The lowest BCUT2D eigenvalue weighted by molar-refractivity contribution is -0.117. The Bertz CT molecular complexity index is 724. The van der Waals surface area contributed by atoms with Crippen LogP contribution in [-0.2, 0) is 16.1 Å². The van der Waals surface area contributed by atoms with Crippen LogP contribution in [0.5, 0.6) is 0 Å². The van der Waals surface area contributed by atoms with E-state index in [2.05, 4.69) is 30.3 Å². The Morgan fingerprint density at radius 3 is 2.57 bits per heavy atom. The maximum absolute atomic E-state index is 12.3. The zero-order valence-corrected chi connectivity index (χ0v) is 18.3. The van der Waals surface area contributed by atoms with Crippen LogP contribution in [0.3, 0.4) is 0 Å². The number of hydrogen-bond acceptors (Lipinski definition) is 7. The number of aromatic nitrogens is 3. The Morgan fingerprint density at radius 2 is 1.83 bits per heavy atom. The van der Waals surface area contributed by atoms with E-state index in [9.17, 15) is 9.59 Å². The van der Waals surface area contributed by atoms with Gasteiger partial charge in [0, 0.05) is 25.7 Å². The number of rotatable bonds is 7. The minimum absolute atomic E-state index is 0.127. The lowest BCUT2D eigenvalue weighted by Crippen LogP contribution is -2.44. The highest BCUT2D eigenvalue weighted by Gasteiger charge is 2.25. The summed E-state index contributed by atoms with van der Waals surface area (Å²) in [7, 11) is 0. The predicted octanol–water partition coefficient (Wildman–Crippen LogP) is 2.31. The summed E-state index contributed by atoms with van der Waals surface area (Å²) in [5.41, 5.74) is 0. The first-order chi connectivity index (χ1) is 14.7. The molecule has 1 unspecified atom stereocenters. The number of carbonyl (C=O) groups excluding carboxylic acids is 2. The molecule has 3 amide bonds. The SMILES string of the molecule is O=C(CSc1nnc(N2CCCCC2)n1CC1CCCO1)NC(=O)NC1CCCC1. The number of amides is 3. The number of ether oxygens (including phenoxy) is 1. The van der Waals surface area contributed by atoms with Gasteiger partial charge in [0.05, 0.1) is 18.4 Å². The second-order valence-corrected chi connectivity index (χ2v) is 9.31. The van der Waals surface area contributed by atoms with Crippen LogP contribution in [-0.4, -0.2) is 64.3 Å². The number of piperidine rings is 1. The molecule has 3 fully saturated rings. The van der Waals surface area contributed by atoms with E-state index >= 15 is 0 Å². The number of imide groups is 1. The van der Waals surface area contributed by atoms with E-state index in [4.69, 9.17) is 4.74 Å². The van der Waals surface area contributed by atoms with Crippen molar-refractivity contribution in [3.63, 3.8) is 0 Å². The van der Waals surface area contributed by atoms with Gasteiger partial charge in [0.2, 0.25) is 11.9 Å². The Hall–Kier alpha value is -1.81. The Kier molecular flexibility index (Phi) is 7.48. The molecular weight excluding hydrogens is 404 g/mol. The molecule has 1 saturated carbocycles. The van der Waals surface area contributed by atoms with Gasteiger partial charge in [-0.05, 0) is 44.9 Å². The highest BCUT2D eigenvalue weighted by atomic mass is 32.2. The zero-order valence-electron chi connectivity index (χ0n) is 17.5. The van der Waals surface area contributed by atoms with Gasteiger partial charge in [-0.1, -0.05) is 24.6 Å². The highest BCUT2D eigenvalue weighted by molar-refractivity contribution is 7.99. The monoisotopic (exact) mass is 436 g/mol. The van der Waals surface area contributed by atoms with Crippen molar-refractivity contribution in [3.05, 3.63) is 0 Å². The molecule has 0 bridgehead atoms. The van der Waals surface area contributed by atoms with Crippen LogP contribution in [0.1, 0.15) is 57.8 Å². The van der Waals surface area contributed by atoms with E-state index in [-0.39, 0.29) is 23.8 Å². The van der Waals surface area contributed by atoms with Crippen LogP contribution in [0.25, 0.3) is 0 Å². The number of carbonyl (C=O) groups is 2. The maximum Gasteiger partial charge on any atom is 0.321 e. The van der Waals surface area contributed by atoms with Crippen molar-refractivity contribution in [3.8, 4) is 0 Å². The van der Waals surface area contributed by atoms with Gasteiger partial charge in [0.15, 0.2) is 5.16 Å². The van der Waals surface area contributed by atoms with E-state index < -0.39 is 6.03 Å². The fraction of sp³-hybridized carbons (Fsp3) is 0.800. The van der Waals surface area contributed by atoms with Gasteiger partial charge < -0.3 is 15.0 Å². The number of thioether (sulfide) groups is 1. The van der Waals surface area contributed by atoms with Crippen LogP contribution in [0.2, 0.25) is 0 Å². The molecule has 1 aromatic heterocycles. The molecule has 3 heterocycles. The summed E-state index contributed by atoms with van der Waals surface area (Å²) in [6.07, 6.45) is 10.1. The molecule has 2 N–H and O–H groups in total. The smallest absolute Gasteiger partial charge is 0.321 e. The quantitative estimate of drug-likeness (QED) is 0.633. The molecule has 9 nitrogen and oxygen atoms in total. The lowest BCUT2D eigenvalue weighted by atomic mass is 10.1. The number of urea groups is 1. The van der Waals surface area contributed by atoms with Crippen LogP contribution in [0.15, 0.2) is 5.16 Å². The average molecular weight is 437 g/mol. The second-order valence-electron chi connectivity index (χ2n) is 8.37. The summed E-state index contributed by atoms with van der Waals surface area (Å²) in [5, 5.41) is 14.8. The van der Waals surface area contributed by atoms with E-state index in [0.717, 1.165) is 77.0 Å². The first kappa shape index (κ1) is 21.4. The summed E-state index contributed by atoms with van der Waals surface area (Å²) < 4.78 is 7.92. The molecule has 10 heteroatoms. The third-order valence-corrected chi connectivity index (χ3v) is 6.99. The molecule has 166 valence electrons. The largest absolute Gasteiger partial charge is 0.376 e. The van der Waals surface area contributed by atoms with Crippen molar-refractivity contribution in [2.45, 2.75) is 81.6 Å². The summed E-state index contributed by atoms with van der Waals surface area (Å²) in [6, 6.07) is -0.214. The molecular formula is C20H32N6O3S. The van der Waals surface area contributed by atoms with Gasteiger partial charge in [0.1, 0.15) is 0 Å². The van der Waals surface area contributed by atoms with Crippen LogP contribution >= 0.6 is 11.8 Å². The lowest BCUT2D eigenvalue weighted by Gasteiger charge is -2.28. The van der Waals surface area contributed by atoms with Crippen molar-refractivity contribution >= 4 is 29.6 Å². The molecule has 0 spiro atoms. The van der Waals surface area contributed by atoms with Crippen LogP contribution < -0.4 is 15.5 Å². The van der Waals surface area contributed by atoms with Crippen molar-refractivity contribution in [2.24, 2.45) is 0 Å². The fourth-order valence-corrected chi connectivity index (χ4v) is 5.19. The minimum atomic E-state index is -0.401. The fourth-order valence-electron chi connectivity index (χ4n) is 4.45. The van der Waals surface area contributed by atoms with Gasteiger partial charge in [-0.25, -0.2) is 4.79 Å². The summed E-state index contributed by atoms with van der Waals surface area (Å²) in [4.78, 5) is 26.6. The minimum Gasteiger partial charge on any atom is -0.376 e. The van der Waals surface area contributed by atoms with Gasteiger partial charge in [-0.15, -0.1) is 10.2 Å². The highest BCUT2D eigenvalue weighted by Crippen LogP contribution is 2.27. The third-order valence-electron chi connectivity index (χ3n) is 6.02. The molecule has 2 aliphatic heterocycles. The Labute approximate surface area is 181 Å². The molecule has 4 rings (SSSR count). The molecule has 1 aromatic rings. The number of anilines is 1. The van der Waals surface area contributed by atoms with Crippen molar-refractivity contribution in [1.29, 1.82) is 0 Å². The number of nitrogens with one attached hydrogen (secondary N) is 2. The van der Waals surface area contributed by atoms with Crippen molar-refractivity contribution in [1.82, 2.24) is 25.4 Å². The first-order valence-electron chi connectivity index (χ1n) is 11.2. The van der Waals surface area contributed by atoms with Crippen LogP contribution in [0.4, 0.5) is 10.7 Å². The van der Waals surface area contributed by atoms with Gasteiger partial charge in [0.25, 0.3) is 0 Å². The molecule has 1 atom stereocenters. The Morgan fingerprint density at radius 1 is 1.03 bits per heavy atom. The molecule has 2 saturated heterocycles. The third kappa shape index (κ3) is 5.66. The Balaban J connectivity index is 1.35. The van der Waals surface area contributed by atoms with E-state index in [0.29, 0.717) is 11.7 Å². The molecule has 0 radical (unpaired) electrons. The van der Waals surface area contributed by atoms with E-state index in [1.54, 1.807) is 0 Å². The number of hydrogen-bond donors (Lipinski definition) is 2. The standard InChI is InChI=1S/C20H32N6O3S/c27-17(22-18(28)21-15-7-2-3-8-15)14-30-20-24-23-19(25-10-4-1-5-11-25)26(20)13-16-9-6-12-29-16/h15-16H,1-14H2,(H2,21,22,27,28). The van der Waals surface area contributed by atoms with Gasteiger partial charge in [-0.3, -0.25) is 14.7 Å². The predicted molar refractivity (Wildman–Crippen MR) is 115 cm³/mol. The summed E-state index contributed by atoms with van der Waals surface area (Å²) in [5.74, 6) is 0.677. The maximum atomic E-state index is 12.3. The summed E-state index contributed by atoms with van der Waals surface area (Å²) >= 11 is 1.32. The van der Waals surface area contributed by atoms with Crippen LogP contribution in [0, 0.1) is 0 Å². The summed E-state index contributed by atoms with van der Waals surface area (Å²) in [6.45, 7) is 3.46. The average Bonchev–Trinajstić information content (AvgIpc) is 3.50. The molecule has 30 heavy (non-hydrogen) atoms. The molecule has 0 aromatic carbocycles. The van der Waals surface area contributed by atoms with Gasteiger partial charge >= 0.3 is 6.03 Å². The van der Waals surface area contributed by atoms with Gasteiger partial charge in [-0.2, -0.15) is 0 Å². The van der Waals surface area contributed by atoms with Crippen molar-refractivity contribution < 1.29 is 14.3 Å².